The minimum atomic E-state index is -0.987. The minimum absolute atomic E-state index is 0.0185. The van der Waals surface area contributed by atoms with Gasteiger partial charge in [0.25, 0.3) is 5.56 Å². The van der Waals surface area contributed by atoms with E-state index < -0.39 is 11.9 Å². The molecule has 2 aliphatic rings. The molecule has 1 fully saturated rings. The summed E-state index contributed by atoms with van der Waals surface area (Å²) in [5.41, 5.74) is 2.88. The van der Waals surface area contributed by atoms with Crippen molar-refractivity contribution in [3.8, 4) is 0 Å². The highest BCUT2D eigenvalue weighted by atomic mass is 19.1. The van der Waals surface area contributed by atoms with Gasteiger partial charge in [0.15, 0.2) is 5.58 Å². The molecule has 0 saturated carbocycles. The van der Waals surface area contributed by atoms with Crippen molar-refractivity contribution in [3.63, 3.8) is 0 Å². The van der Waals surface area contributed by atoms with Crippen molar-refractivity contribution in [1.29, 1.82) is 0 Å². The molecule has 9 heteroatoms. The summed E-state index contributed by atoms with van der Waals surface area (Å²) in [5, 5.41) is 17.2. The highest BCUT2D eigenvalue weighted by molar-refractivity contribution is 5.79. The third-order valence-electron chi connectivity index (χ3n) is 9.56. The van der Waals surface area contributed by atoms with E-state index in [-0.39, 0.29) is 23.2 Å². The van der Waals surface area contributed by atoms with E-state index >= 15 is 0 Å². The molecule has 2 aromatic heterocycles. The maximum absolute atomic E-state index is 13.7. The number of piperidine rings is 1. The van der Waals surface area contributed by atoms with E-state index in [4.69, 9.17) is 9.51 Å². The quantitative estimate of drug-likeness (QED) is 0.264. The number of unbranched alkanes of at least 4 members (excludes halogenated alkanes) is 5. The Bertz CT molecular complexity index is 1430. The number of benzene rings is 1. The van der Waals surface area contributed by atoms with Crippen LogP contribution >= 0.6 is 0 Å². The van der Waals surface area contributed by atoms with Crippen LogP contribution in [0, 0.1) is 24.6 Å². The normalized spacial score (nSPS) is 18.8. The van der Waals surface area contributed by atoms with Gasteiger partial charge in [-0.2, -0.15) is 0 Å². The summed E-state index contributed by atoms with van der Waals surface area (Å²) < 4.78 is 20.7. The van der Waals surface area contributed by atoms with Crippen LogP contribution in [-0.2, 0) is 24.2 Å². The van der Waals surface area contributed by atoms with E-state index in [2.05, 4.69) is 17.0 Å². The van der Waals surface area contributed by atoms with Crippen molar-refractivity contribution in [1.82, 2.24) is 19.6 Å². The third kappa shape index (κ3) is 6.93. The third-order valence-corrected chi connectivity index (χ3v) is 9.56. The second-order valence-electron chi connectivity index (χ2n) is 12.4. The first kappa shape index (κ1) is 30.4. The van der Waals surface area contributed by atoms with Gasteiger partial charge in [-0.1, -0.05) is 50.6 Å². The number of carboxylic acids is 1. The number of nitrogens with zero attached hydrogens (tertiary/aromatic N) is 4. The molecule has 2 atom stereocenters. The van der Waals surface area contributed by atoms with E-state index in [0.717, 1.165) is 86.3 Å². The monoisotopic (exact) mass is 579 g/mol. The van der Waals surface area contributed by atoms with Crippen LogP contribution in [-0.4, -0.2) is 45.2 Å². The number of hydrogen-bond donors (Lipinski definition) is 0. The second-order valence-corrected chi connectivity index (χ2v) is 12.4. The van der Waals surface area contributed by atoms with E-state index in [1.807, 2.05) is 6.92 Å². The number of aryl methyl sites for hydroxylation is 2. The van der Waals surface area contributed by atoms with Crippen molar-refractivity contribution in [2.45, 2.75) is 103 Å². The van der Waals surface area contributed by atoms with Gasteiger partial charge in [-0.25, -0.2) is 9.37 Å². The van der Waals surface area contributed by atoms with Crippen molar-refractivity contribution in [2.24, 2.45) is 11.8 Å². The Labute approximate surface area is 247 Å². The molecule has 0 bridgehead atoms. The molecule has 42 heavy (non-hydrogen) atoms. The van der Waals surface area contributed by atoms with Crippen molar-refractivity contribution in [3.05, 3.63) is 57.1 Å². The predicted octanol–water partition coefficient (Wildman–Crippen LogP) is 4.93. The van der Waals surface area contributed by atoms with Gasteiger partial charge < -0.3 is 19.3 Å². The molecule has 0 radical (unpaired) electrons. The predicted molar refractivity (Wildman–Crippen MR) is 158 cm³/mol. The van der Waals surface area contributed by atoms with Gasteiger partial charge in [-0.15, -0.1) is 0 Å². The molecule has 8 nitrogen and oxygen atoms in total. The number of halogens is 1. The molecule has 0 N–H and O–H groups in total. The Hall–Kier alpha value is -3.07. The molecule has 2 unspecified atom stereocenters. The maximum atomic E-state index is 13.7. The molecule has 5 rings (SSSR count). The van der Waals surface area contributed by atoms with Crippen LogP contribution in [0.2, 0.25) is 0 Å². The molecule has 3 aromatic rings. The lowest BCUT2D eigenvalue weighted by molar-refractivity contribution is -0.314. The van der Waals surface area contributed by atoms with Gasteiger partial charge >= 0.3 is 0 Å². The van der Waals surface area contributed by atoms with E-state index in [1.54, 1.807) is 10.6 Å². The highest BCUT2D eigenvalue weighted by Crippen LogP contribution is 2.33. The first-order valence-corrected chi connectivity index (χ1v) is 15.9. The van der Waals surface area contributed by atoms with Gasteiger partial charge in [0, 0.05) is 60.0 Å². The molecule has 4 heterocycles. The number of fused-ring (bicyclic) bond motifs is 2. The lowest BCUT2D eigenvalue weighted by atomic mass is 9.82. The van der Waals surface area contributed by atoms with Crippen LogP contribution in [0.1, 0.15) is 99.8 Å². The van der Waals surface area contributed by atoms with Crippen molar-refractivity contribution < 1.29 is 18.8 Å². The molecule has 1 saturated heterocycles. The van der Waals surface area contributed by atoms with Gasteiger partial charge in [-0.3, -0.25) is 9.36 Å². The SMILES string of the molecule is CCCCCCCCC(C(=O)[O-])C1CCc2nc(C)c(CCN3CCC(c4noc5cc(F)ccc45)CC3)c(=O)n2C1. The topological polar surface area (TPSA) is 104 Å². The fourth-order valence-corrected chi connectivity index (χ4v) is 7.01. The minimum Gasteiger partial charge on any atom is -0.550 e. The highest BCUT2D eigenvalue weighted by Gasteiger charge is 2.30. The summed E-state index contributed by atoms with van der Waals surface area (Å²) in [6.07, 6.45) is 11.1. The Kier molecular flexibility index (Phi) is 10.1. The summed E-state index contributed by atoms with van der Waals surface area (Å²) in [6.45, 7) is 7.03. The molecule has 0 aliphatic carbocycles. The van der Waals surface area contributed by atoms with E-state index in [9.17, 15) is 19.1 Å². The number of rotatable bonds is 13. The fourth-order valence-electron chi connectivity index (χ4n) is 7.01. The molecule has 2 aliphatic heterocycles. The molecular formula is C33H44FN4O4-. The Morgan fingerprint density at radius 3 is 2.67 bits per heavy atom. The van der Waals surface area contributed by atoms with Gasteiger partial charge in [-0.05, 0) is 70.2 Å². The zero-order valence-corrected chi connectivity index (χ0v) is 25.1. The largest absolute Gasteiger partial charge is 0.550 e. The van der Waals surface area contributed by atoms with Crippen LogP contribution < -0.4 is 10.7 Å². The van der Waals surface area contributed by atoms with Gasteiger partial charge in [0.1, 0.15) is 11.6 Å². The van der Waals surface area contributed by atoms with Crippen LogP contribution in [0.25, 0.3) is 11.0 Å². The molecule has 228 valence electrons. The van der Waals surface area contributed by atoms with Crippen molar-refractivity contribution >= 4 is 16.9 Å². The van der Waals surface area contributed by atoms with E-state index in [0.29, 0.717) is 31.4 Å². The molecule has 1 aromatic carbocycles. The summed E-state index contributed by atoms with van der Waals surface area (Å²) in [5.74, 6) is -0.908. The molecule has 0 spiro atoms. The second kappa shape index (κ2) is 13.9. The van der Waals surface area contributed by atoms with Crippen LogP contribution in [0.5, 0.6) is 0 Å². The van der Waals surface area contributed by atoms with Crippen LogP contribution in [0.15, 0.2) is 27.5 Å². The Morgan fingerprint density at radius 1 is 1.14 bits per heavy atom. The zero-order chi connectivity index (χ0) is 29.6. The van der Waals surface area contributed by atoms with Gasteiger partial charge in [0.05, 0.1) is 5.69 Å². The molecule has 0 amide bonds. The average Bonchev–Trinajstić information content (AvgIpc) is 3.40. The number of likely N-dealkylation sites (tertiary alicyclic amines) is 1. The zero-order valence-electron chi connectivity index (χ0n) is 25.1. The number of aromatic nitrogens is 3. The van der Waals surface area contributed by atoms with Crippen LogP contribution in [0.4, 0.5) is 4.39 Å². The average molecular weight is 580 g/mol. The Morgan fingerprint density at radius 2 is 1.90 bits per heavy atom. The number of carboxylic acid groups (broad SMARTS) is 1. The maximum Gasteiger partial charge on any atom is 0.256 e. The smallest absolute Gasteiger partial charge is 0.256 e. The van der Waals surface area contributed by atoms with Crippen molar-refractivity contribution in [2.75, 3.05) is 19.6 Å². The summed E-state index contributed by atoms with van der Waals surface area (Å²) in [7, 11) is 0. The number of hydrogen-bond acceptors (Lipinski definition) is 7. The van der Waals surface area contributed by atoms with E-state index in [1.165, 1.54) is 31.4 Å². The summed E-state index contributed by atoms with van der Waals surface area (Å²) in [4.78, 5) is 32.9. The lowest BCUT2D eigenvalue weighted by Gasteiger charge is -2.33. The lowest BCUT2D eigenvalue weighted by Crippen LogP contribution is -2.43. The van der Waals surface area contributed by atoms with Gasteiger partial charge in [0.2, 0.25) is 0 Å². The fraction of sp³-hybridized carbons (Fsp3) is 0.636. The Balaban J connectivity index is 1.18. The molecular weight excluding hydrogens is 535 g/mol. The number of carbonyl (C=O) groups excluding carboxylic acids is 1. The number of carbonyl (C=O) groups is 1. The first-order chi connectivity index (χ1) is 20.4. The number of aliphatic carboxylic acids is 1. The summed E-state index contributed by atoms with van der Waals surface area (Å²) in [6, 6.07) is 4.57. The first-order valence-electron chi connectivity index (χ1n) is 15.9. The summed E-state index contributed by atoms with van der Waals surface area (Å²) >= 11 is 0. The van der Waals surface area contributed by atoms with Crippen LogP contribution in [0.3, 0.4) is 0 Å². The standard InChI is InChI=1S/C33H45FN4O4/c1-3-4-5-6-7-8-9-27(33(40)41)24-10-13-30-35-22(2)26(32(39)38(30)21-24)16-19-37-17-14-23(15-18-37)31-28-12-11-25(34)20-29(28)42-36-31/h11-12,20,23-24,27H,3-10,13-19,21H2,1-2H3,(H,40,41)/p-1.